The number of carbonyl (C=O) groups excluding carboxylic acids is 4. The smallest absolute Gasteiger partial charge is 0.412 e. The average Bonchev–Trinajstić information content (AvgIpc) is 3.61. The molecule has 0 aromatic carbocycles. The molecule has 57 heavy (non-hydrogen) atoms. The summed E-state index contributed by atoms with van der Waals surface area (Å²) in [6.45, 7) is 6.02. The van der Waals surface area contributed by atoms with Crippen molar-refractivity contribution in [1.29, 1.82) is 0 Å². The van der Waals surface area contributed by atoms with Gasteiger partial charge >= 0.3 is 11.5 Å². The van der Waals surface area contributed by atoms with Gasteiger partial charge in [-0.1, -0.05) is 30.6 Å². The predicted octanol–water partition coefficient (Wildman–Crippen LogP) is 4.39. The molecule has 304 valence electrons. The number of nitrogens with zero attached hydrogens (tertiary/aromatic N) is 12. The van der Waals surface area contributed by atoms with Crippen LogP contribution in [0.2, 0.25) is 10.0 Å². The first-order valence-electron chi connectivity index (χ1n) is 16.9. The molecule has 2 unspecified atom stereocenters. The second kappa shape index (κ2) is 20.0. The van der Waals surface area contributed by atoms with Gasteiger partial charge in [-0.3, -0.25) is 29.3 Å². The number of pyridine rings is 2. The lowest BCUT2D eigenvalue weighted by Gasteiger charge is -2.33. The van der Waals surface area contributed by atoms with Crippen molar-refractivity contribution in [2.24, 2.45) is 0 Å². The van der Waals surface area contributed by atoms with Gasteiger partial charge < -0.3 is 29.4 Å². The minimum absolute atomic E-state index is 0. The van der Waals surface area contributed by atoms with Crippen LogP contribution in [-0.4, -0.2) is 144 Å². The van der Waals surface area contributed by atoms with Gasteiger partial charge in [0.2, 0.25) is 6.23 Å². The summed E-state index contributed by atoms with van der Waals surface area (Å²) >= 11 is 16.9. The molecule has 4 aromatic rings. The first-order chi connectivity index (χ1) is 26.4. The number of piperazine rings is 2. The number of fused-ring (bicyclic) bond motifs is 2. The summed E-state index contributed by atoms with van der Waals surface area (Å²) in [5.74, 6) is -0.249. The van der Waals surface area contributed by atoms with E-state index in [4.69, 9.17) is 39.5 Å². The molecular weight excluding hydrogens is 826 g/mol. The third-order valence-electron chi connectivity index (χ3n) is 8.90. The normalized spacial score (nSPS) is 18.8. The SMILES string of the molecule is C.CN1CCN(C(=O)Cl)CC1.CN1CCN(C(=O)OC2c3nccnc3C(=O)N2c2ccc(Cl)cn2)CC1.Cl.O=C1c2nccnc2C(O)N1c1ccc(Cl)cn1. The van der Waals surface area contributed by atoms with E-state index in [9.17, 15) is 24.3 Å². The standard InChI is InChI=1S/C17H17ClN6O3.C11H7ClN4O2.C6H11ClN2O.CH4.ClH/c1-22-6-8-23(9-7-22)17(26)27-16-14-13(19-4-5-20-14)15(25)24(16)12-3-2-11(18)10-21-12;12-6-1-2-7(15-5-6)16-10(17)8-9(11(16)18)14-4-3-13-8;1-8-2-4-9(5-3-8)6(7)10;;/h2-5,10,16H,6-9H2,1H3;1-5,10,17H;2-5H2,1H3;1H4;1H. The van der Waals surface area contributed by atoms with Crippen LogP contribution in [0.15, 0.2) is 61.4 Å². The van der Waals surface area contributed by atoms with Crippen LogP contribution in [0, 0.1) is 0 Å². The molecule has 18 nitrogen and oxygen atoms in total. The Balaban J connectivity index is 0.000000207. The molecule has 8 heterocycles. The number of aliphatic hydroxyl groups is 1. The van der Waals surface area contributed by atoms with Gasteiger partial charge in [-0.05, 0) is 50.0 Å². The molecule has 22 heteroatoms. The quantitative estimate of drug-likeness (QED) is 0.225. The van der Waals surface area contributed by atoms with Crippen molar-refractivity contribution in [3.8, 4) is 0 Å². The minimum atomic E-state index is -1.17. The van der Waals surface area contributed by atoms with Gasteiger partial charge in [0.1, 0.15) is 23.0 Å². The second-order valence-electron chi connectivity index (χ2n) is 12.5. The van der Waals surface area contributed by atoms with Crippen LogP contribution < -0.4 is 9.80 Å². The van der Waals surface area contributed by atoms with Crippen LogP contribution in [0.3, 0.4) is 0 Å². The third-order valence-corrected chi connectivity index (χ3v) is 9.58. The summed E-state index contributed by atoms with van der Waals surface area (Å²) < 4.78 is 5.68. The molecule has 0 aliphatic carbocycles. The number of hydrogen-bond donors (Lipinski definition) is 1. The number of hydrogen-bond acceptors (Lipinski definition) is 14. The van der Waals surface area contributed by atoms with Crippen LogP contribution in [0.1, 0.15) is 52.2 Å². The molecule has 0 bridgehead atoms. The number of halogens is 4. The molecule has 8 rings (SSSR count). The molecule has 0 saturated carbocycles. The first kappa shape index (κ1) is 44.9. The maximum atomic E-state index is 12.8. The zero-order valence-corrected chi connectivity index (χ0v) is 33.1. The van der Waals surface area contributed by atoms with E-state index in [-0.39, 0.29) is 42.3 Å². The van der Waals surface area contributed by atoms with E-state index in [0.29, 0.717) is 40.5 Å². The lowest BCUT2D eigenvalue weighted by Crippen LogP contribution is -2.48. The van der Waals surface area contributed by atoms with Gasteiger partial charge in [-0.25, -0.2) is 29.6 Å². The van der Waals surface area contributed by atoms with Gasteiger partial charge in [-0.15, -0.1) is 12.4 Å². The maximum Gasteiger partial charge on any atom is 0.412 e. The number of likely N-dealkylation sites (N-methyl/N-ethyl adjacent to an activating group) is 2. The fourth-order valence-corrected chi connectivity index (χ4v) is 6.20. The topological polar surface area (TPSA) is 195 Å². The molecule has 4 aromatic heterocycles. The van der Waals surface area contributed by atoms with Crippen molar-refractivity contribution in [2.75, 3.05) is 76.3 Å². The van der Waals surface area contributed by atoms with Gasteiger partial charge in [-0.2, -0.15) is 0 Å². The second-order valence-corrected chi connectivity index (χ2v) is 13.7. The molecule has 4 aliphatic rings. The zero-order valence-electron chi connectivity index (χ0n) is 30.0. The van der Waals surface area contributed by atoms with E-state index < -0.39 is 30.4 Å². The van der Waals surface area contributed by atoms with Gasteiger partial charge in [0.05, 0.1) is 10.0 Å². The molecule has 4 amide bonds. The Morgan fingerprint density at radius 3 is 1.58 bits per heavy atom. The minimum Gasteiger partial charge on any atom is -0.419 e. The highest BCUT2D eigenvalue weighted by Crippen LogP contribution is 2.36. The summed E-state index contributed by atoms with van der Waals surface area (Å²) in [5.41, 5.74) is 0.813. The molecule has 2 fully saturated rings. The fraction of sp³-hybridized carbons (Fsp3) is 0.371. The molecule has 4 aliphatic heterocycles. The predicted molar refractivity (Wildman–Crippen MR) is 214 cm³/mol. The van der Waals surface area contributed by atoms with Crippen molar-refractivity contribution in [3.63, 3.8) is 0 Å². The van der Waals surface area contributed by atoms with E-state index >= 15 is 0 Å². The van der Waals surface area contributed by atoms with Crippen LogP contribution >= 0.6 is 47.2 Å². The van der Waals surface area contributed by atoms with Gasteiger partial charge in [0.15, 0.2) is 17.6 Å². The number of rotatable bonds is 3. The Bertz CT molecular complexity index is 2020. The third kappa shape index (κ3) is 10.4. The van der Waals surface area contributed by atoms with E-state index in [1.807, 2.05) is 14.1 Å². The van der Waals surface area contributed by atoms with Crippen LogP contribution in [-0.2, 0) is 4.74 Å². The van der Waals surface area contributed by atoms with Crippen LogP contribution in [0.4, 0.5) is 21.2 Å². The van der Waals surface area contributed by atoms with E-state index in [1.54, 1.807) is 34.1 Å². The maximum absolute atomic E-state index is 12.8. The largest absolute Gasteiger partial charge is 0.419 e. The molecule has 2 saturated heterocycles. The Hall–Kier alpha value is -4.82. The van der Waals surface area contributed by atoms with Crippen molar-refractivity contribution >= 4 is 82.1 Å². The Labute approximate surface area is 349 Å². The lowest BCUT2D eigenvalue weighted by molar-refractivity contribution is 0.0476. The molecule has 0 radical (unpaired) electrons. The monoisotopic (exact) mass is 864 g/mol. The number of aliphatic hydroxyl groups excluding tert-OH is 1. The fourth-order valence-electron chi connectivity index (χ4n) is 5.81. The van der Waals surface area contributed by atoms with Crippen molar-refractivity contribution in [2.45, 2.75) is 19.9 Å². The van der Waals surface area contributed by atoms with Crippen LogP contribution in [0.25, 0.3) is 0 Å². The summed E-state index contributed by atoms with van der Waals surface area (Å²) in [4.78, 5) is 82.5. The number of aromatic nitrogens is 6. The lowest BCUT2D eigenvalue weighted by atomic mass is 10.3. The van der Waals surface area contributed by atoms with Crippen molar-refractivity contribution in [3.05, 3.63) is 94.3 Å². The summed E-state index contributed by atoms with van der Waals surface area (Å²) in [7, 11) is 4.04. The van der Waals surface area contributed by atoms with Crippen molar-refractivity contribution < 1.29 is 29.0 Å². The van der Waals surface area contributed by atoms with Crippen LogP contribution in [0.5, 0.6) is 0 Å². The summed E-state index contributed by atoms with van der Waals surface area (Å²) in [5, 5.41) is 10.6. The van der Waals surface area contributed by atoms with Gasteiger partial charge in [0.25, 0.3) is 11.8 Å². The van der Waals surface area contributed by atoms with E-state index in [2.05, 4.69) is 39.7 Å². The summed E-state index contributed by atoms with van der Waals surface area (Å²) in [6, 6.07) is 6.34. The first-order valence-corrected chi connectivity index (χ1v) is 18.0. The Kier molecular flexibility index (Phi) is 15.8. The zero-order chi connectivity index (χ0) is 39.2. The molecule has 2 atom stereocenters. The number of carbonyl (C=O) groups is 4. The highest BCUT2D eigenvalue weighted by Gasteiger charge is 2.44. The molecular formula is C35H40Cl4N12O6. The molecule has 0 spiro atoms. The van der Waals surface area contributed by atoms with E-state index in [0.717, 1.165) is 44.2 Å². The number of amides is 4. The van der Waals surface area contributed by atoms with Crippen molar-refractivity contribution in [1.82, 2.24) is 49.5 Å². The Morgan fingerprint density at radius 2 is 1.11 bits per heavy atom. The highest BCUT2D eigenvalue weighted by molar-refractivity contribution is 6.62. The van der Waals surface area contributed by atoms with Gasteiger partial charge in [0, 0.05) is 89.5 Å². The Morgan fingerprint density at radius 1 is 0.667 bits per heavy atom. The number of ether oxygens (including phenoxy) is 1. The number of anilines is 2. The average molecular weight is 867 g/mol. The summed E-state index contributed by atoms with van der Waals surface area (Å²) in [6.07, 6.45) is 5.84. The molecule has 1 N–H and O–H groups in total. The van der Waals surface area contributed by atoms with E-state index in [1.165, 1.54) is 42.1 Å². The highest BCUT2D eigenvalue weighted by atomic mass is 35.5.